The van der Waals surface area contributed by atoms with Crippen molar-refractivity contribution in [1.29, 1.82) is 0 Å². The van der Waals surface area contributed by atoms with Crippen molar-refractivity contribution in [1.82, 2.24) is 15.1 Å². The number of nitrogens with zero attached hydrogens (tertiary/aromatic N) is 2. The van der Waals surface area contributed by atoms with Crippen LogP contribution in [0.1, 0.15) is 24.8 Å². The van der Waals surface area contributed by atoms with Crippen LogP contribution in [0, 0.1) is 5.92 Å². The smallest absolute Gasteiger partial charge is 0.407 e. The van der Waals surface area contributed by atoms with Crippen LogP contribution in [-0.2, 0) is 20.7 Å². The highest BCUT2D eigenvalue weighted by molar-refractivity contribution is 5.82. The van der Waals surface area contributed by atoms with E-state index in [0.717, 1.165) is 25.8 Å². The number of methoxy groups -OCH3 is 1. The molecule has 0 aromatic heterocycles. The van der Waals surface area contributed by atoms with E-state index in [1.807, 2.05) is 23.1 Å². The minimum absolute atomic E-state index is 0.0548. The molecule has 0 bridgehead atoms. The van der Waals surface area contributed by atoms with E-state index in [0.29, 0.717) is 25.4 Å². The topological polar surface area (TPSA) is 79.0 Å². The number of amides is 3. The fourth-order valence-corrected chi connectivity index (χ4v) is 4.09. The zero-order chi connectivity index (χ0) is 19.2. The molecule has 0 aliphatic carbocycles. The van der Waals surface area contributed by atoms with Gasteiger partial charge in [0, 0.05) is 32.1 Å². The average molecular weight is 373 g/mol. The normalized spacial score (nSPS) is 22.2. The van der Waals surface area contributed by atoms with E-state index in [1.54, 1.807) is 4.90 Å². The van der Waals surface area contributed by atoms with Crippen LogP contribution in [0.25, 0.3) is 0 Å². The summed E-state index contributed by atoms with van der Waals surface area (Å²) < 4.78 is 4.50. The molecule has 3 rings (SSSR count). The molecule has 2 saturated heterocycles. The fraction of sp³-hybridized carbons (Fsp3) is 0.550. The maximum absolute atomic E-state index is 12.5. The number of rotatable bonds is 5. The first-order valence-corrected chi connectivity index (χ1v) is 9.51. The quantitative estimate of drug-likeness (QED) is 0.847. The largest absolute Gasteiger partial charge is 0.453 e. The lowest BCUT2D eigenvalue weighted by Crippen LogP contribution is -2.58. The van der Waals surface area contributed by atoms with E-state index in [-0.39, 0.29) is 24.4 Å². The van der Waals surface area contributed by atoms with Gasteiger partial charge in [-0.05, 0) is 30.7 Å². The Balaban J connectivity index is 1.56. The summed E-state index contributed by atoms with van der Waals surface area (Å²) in [5.74, 6) is 0.417. The molecule has 27 heavy (non-hydrogen) atoms. The fourth-order valence-electron chi connectivity index (χ4n) is 4.09. The van der Waals surface area contributed by atoms with Crippen molar-refractivity contribution >= 4 is 17.9 Å². The number of carbonyl (C=O) groups excluding carboxylic acids is 3. The SMILES string of the molecule is COC(=O)NCC(=O)N1CC[C@H]2[C@H](CCC(=O)N2CCc2ccccc2)C1. The molecule has 3 amide bonds. The van der Waals surface area contributed by atoms with Gasteiger partial charge in [0.25, 0.3) is 0 Å². The van der Waals surface area contributed by atoms with E-state index in [4.69, 9.17) is 0 Å². The monoisotopic (exact) mass is 373 g/mol. The third-order valence-electron chi connectivity index (χ3n) is 5.55. The minimum atomic E-state index is -0.603. The van der Waals surface area contributed by atoms with Crippen LogP contribution < -0.4 is 5.32 Å². The third-order valence-corrected chi connectivity index (χ3v) is 5.55. The first kappa shape index (κ1) is 19.2. The van der Waals surface area contributed by atoms with Crippen molar-refractivity contribution < 1.29 is 19.1 Å². The van der Waals surface area contributed by atoms with Crippen molar-refractivity contribution in [2.24, 2.45) is 5.92 Å². The van der Waals surface area contributed by atoms with Crippen molar-refractivity contribution in [3.05, 3.63) is 35.9 Å². The van der Waals surface area contributed by atoms with Crippen LogP contribution in [0.2, 0.25) is 0 Å². The third kappa shape index (κ3) is 4.78. The van der Waals surface area contributed by atoms with Crippen molar-refractivity contribution in [3.63, 3.8) is 0 Å². The predicted octanol–water partition coefficient (Wildman–Crippen LogP) is 1.42. The summed E-state index contributed by atoms with van der Waals surface area (Å²) in [4.78, 5) is 39.8. The molecule has 2 aliphatic rings. The lowest BCUT2D eigenvalue weighted by molar-refractivity contribution is -0.143. The standard InChI is InChI=1S/C20H27N3O4/c1-27-20(26)21-13-19(25)22-11-10-17-16(14-22)7-8-18(24)23(17)12-9-15-5-3-2-4-6-15/h2-6,16-17H,7-14H2,1H3,(H,21,26)/t16-,17+/m1/s1. The highest BCUT2D eigenvalue weighted by Crippen LogP contribution is 2.31. The van der Waals surface area contributed by atoms with Crippen molar-refractivity contribution in [2.45, 2.75) is 31.7 Å². The van der Waals surface area contributed by atoms with Gasteiger partial charge in [-0.15, -0.1) is 0 Å². The molecule has 2 fully saturated rings. The van der Waals surface area contributed by atoms with Crippen LogP contribution in [-0.4, -0.2) is 67.0 Å². The van der Waals surface area contributed by atoms with E-state index < -0.39 is 6.09 Å². The van der Waals surface area contributed by atoms with E-state index in [2.05, 4.69) is 22.2 Å². The van der Waals surface area contributed by atoms with E-state index in [9.17, 15) is 14.4 Å². The summed E-state index contributed by atoms with van der Waals surface area (Å²) >= 11 is 0. The first-order valence-electron chi connectivity index (χ1n) is 9.51. The molecule has 1 aromatic rings. The number of ether oxygens (including phenoxy) is 1. The van der Waals surface area contributed by atoms with Crippen LogP contribution in [0.4, 0.5) is 4.79 Å². The van der Waals surface area contributed by atoms with Crippen LogP contribution in [0.3, 0.4) is 0 Å². The van der Waals surface area contributed by atoms with E-state index >= 15 is 0 Å². The second kappa shape index (κ2) is 8.88. The molecule has 0 spiro atoms. The number of piperidine rings is 2. The van der Waals surface area contributed by atoms with Gasteiger partial charge >= 0.3 is 6.09 Å². The number of nitrogens with one attached hydrogen (secondary N) is 1. The van der Waals surface area contributed by atoms with Gasteiger partial charge in [0.05, 0.1) is 7.11 Å². The van der Waals surface area contributed by atoms with Gasteiger partial charge in [-0.2, -0.15) is 0 Å². The van der Waals surface area contributed by atoms with Gasteiger partial charge in [-0.25, -0.2) is 4.79 Å². The van der Waals surface area contributed by atoms with Gasteiger partial charge in [0.1, 0.15) is 6.54 Å². The molecule has 2 atom stereocenters. The molecule has 1 N–H and O–H groups in total. The molecular formula is C20H27N3O4. The molecule has 2 heterocycles. The number of fused-ring (bicyclic) bond motifs is 1. The minimum Gasteiger partial charge on any atom is -0.453 e. The molecule has 0 saturated carbocycles. The van der Waals surface area contributed by atoms with Gasteiger partial charge in [-0.3, -0.25) is 9.59 Å². The van der Waals surface area contributed by atoms with Gasteiger partial charge in [0.2, 0.25) is 11.8 Å². The summed E-state index contributed by atoms with van der Waals surface area (Å²) in [6.07, 6.45) is 2.39. The zero-order valence-electron chi connectivity index (χ0n) is 15.7. The summed E-state index contributed by atoms with van der Waals surface area (Å²) in [5, 5.41) is 2.44. The Bertz CT molecular complexity index is 679. The Morgan fingerprint density at radius 2 is 2.00 bits per heavy atom. The average Bonchev–Trinajstić information content (AvgIpc) is 2.71. The molecule has 0 radical (unpaired) electrons. The van der Waals surface area contributed by atoms with Crippen LogP contribution in [0.5, 0.6) is 0 Å². The molecule has 2 aliphatic heterocycles. The number of hydrogen-bond acceptors (Lipinski definition) is 4. The highest BCUT2D eigenvalue weighted by atomic mass is 16.5. The Morgan fingerprint density at radius 1 is 1.22 bits per heavy atom. The summed E-state index contributed by atoms with van der Waals surface area (Å²) in [7, 11) is 1.27. The van der Waals surface area contributed by atoms with Gasteiger partial charge in [-0.1, -0.05) is 30.3 Å². The molecular weight excluding hydrogens is 346 g/mol. The maximum atomic E-state index is 12.5. The Labute approximate surface area is 159 Å². The van der Waals surface area contributed by atoms with Crippen LogP contribution in [0.15, 0.2) is 30.3 Å². The number of hydrogen-bond donors (Lipinski definition) is 1. The molecule has 146 valence electrons. The first-order chi connectivity index (χ1) is 13.1. The molecule has 7 heteroatoms. The van der Waals surface area contributed by atoms with Crippen molar-refractivity contribution in [3.8, 4) is 0 Å². The summed E-state index contributed by atoms with van der Waals surface area (Å²) in [6.45, 7) is 1.92. The molecule has 1 aromatic carbocycles. The van der Waals surface area contributed by atoms with Gasteiger partial charge < -0.3 is 19.9 Å². The number of likely N-dealkylation sites (tertiary alicyclic amines) is 2. The Kier molecular flexibility index (Phi) is 6.32. The van der Waals surface area contributed by atoms with Gasteiger partial charge in [0.15, 0.2) is 0 Å². The summed E-state index contributed by atoms with van der Waals surface area (Å²) in [6, 6.07) is 10.4. The number of alkyl carbamates (subject to hydrolysis) is 1. The Morgan fingerprint density at radius 3 is 2.74 bits per heavy atom. The summed E-state index contributed by atoms with van der Waals surface area (Å²) in [5.41, 5.74) is 1.23. The number of carbonyl (C=O) groups is 3. The molecule has 0 unspecified atom stereocenters. The van der Waals surface area contributed by atoms with Crippen molar-refractivity contribution in [2.75, 3.05) is 33.3 Å². The maximum Gasteiger partial charge on any atom is 0.407 e. The molecule has 7 nitrogen and oxygen atoms in total. The Hall–Kier alpha value is -2.57. The zero-order valence-corrected chi connectivity index (χ0v) is 15.7. The lowest BCUT2D eigenvalue weighted by atomic mass is 9.83. The lowest BCUT2D eigenvalue weighted by Gasteiger charge is -2.47. The second-order valence-electron chi connectivity index (χ2n) is 7.16. The van der Waals surface area contributed by atoms with Crippen LogP contribution >= 0.6 is 0 Å². The number of benzene rings is 1. The van der Waals surface area contributed by atoms with E-state index in [1.165, 1.54) is 12.7 Å². The second-order valence-corrected chi connectivity index (χ2v) is 7.16. The highest BCUT2D eigenvalue weighted by Gasteiger charge is 2.40. The predicted molar refractivity (Wildman–Crippen MR) is 100.0 cm³/mol.